The van der Waals surface area contributed by atoms with E-state index in [9.17, 15) is 19.4 Å². The van der Waals surface area contributed by atoms with Crippen molar-refractivity contribution in [2.75, 3.05) is 40.9 Å². The van der Waals surface area contributed by atoms with Gasteiger partial charge in [0.2, 0.25) is 5.91 Å². The molecule has 0 heterocycles. The second kappa shape index (κ2) is 43.2. The number of allylic oxidation sites excluding steroid dienone is 12. The first-order valence-corrected chi connectivity index (χ1v) is 26.2. The number of phosphoric ester groups is 1. The van der Waals surface area contributed by atoms with E-state index in [1.807, 2.05) is 21.1 Å². The van der Waals surface area contributed by atoms with Crippen LogP contribution in [0.4, 0.5) is 0 Å². The van der Waals surface area contributed by atoms with E-state index in [-0.39, 0.29) is 19.1 Å². The van der Waals surface area contributed by atoms with Gasteiger partial charge in [-0.1, -0.05) is 202 Å². The van der Waals surface area contributed by atoms with Gasteiger partial charge in [0.25, 0.3) is 7.82 Å². The second-order valence-corrected chi connectivity index (χ2v) is 19.2. The molecule has 61 heavy (non-hydrogen) atoms. The first-order valence-electron chi connectivity index (χ1n) is 24.8. The summed E-state index contributed by atoms with van der Waals surface area (Å²) in [5, 5.41) is 13.9. The van der Waals surface area contributed by atoms with Crippen LogP contribution in [-0.2, 0) is 18.4 Å². The molecule has 0 fully saturated rings. The molecule has 9 heteroatoms. The Hall–Kier alpha value is -2.06. The lowest BCUT2D eigenvalue weighted by Gasteiger charge is -2.30. The molecule has 8 nitrogen and oxygen atoms in total. The zero-order valence-electron chi connectivity index (χ0n) is 40.1. The lowest BCUT2D eigenvalue weighted by atomic mass is 10.0. The monoisotopic (exact) mass is 875 g/mol. The highest BCUT2D eigenvalue weighted by molar-refractivity contribution is 7.45. The molecule has 0 aliphatic heterocycles. The summed E-state index contributed by atoms with van der Waals surface area (Å²) in [6.07, 6.45) is 57.7. The van der Waals surface area contributed by atoms with Crippen LogP contribution in [0.15, 0.2) is 72.9 Å². The van der Waals surface area contributed by atoms with Crippen LogP contribution in [0.3, 0.4) is 0 Å². The maximum Gasteiger partial charge on any atom is 0.268 e. The third-order valence-electron chi connectivity index (χ3n) is 10.7. The molecule has 2 N–H and O–H groups in total. The lowest BCUT2D eigenvalue weighted by molar-refractivity contribution is -0.870. The van der Waals surface area contributed by atoms with Crippen LogP contribution in [0.5, 0.6) is 0 Å². The van der Waals surface area contributed by atoms with E-state index in [0.29, 0.717) is 23.9 Å². The van der Waals surface area contributed by atoms with Crippen molar-refractivity contribution in [3.63, 3.8) is 0 Å². The van der Waals surface area contributed by atoms with Gasteiger partial charge in [-0.2, -0.15) is 0 Å². The van der Waals surface area contributed by atoms with Crippen molar-refractivity contribution in [3.05, 3.63) is 72.9 Å². The predicted octanol–water partition coefficient (Wildman–Crippen LogP) is 13.7. The third kappa shape index (κ3) is 45.8. The van der Waals surface area contributed by atoms with Gasteiger partial charge in [-0.3, -0.25) is 9.36 Å². The molecule has 0 saturated heterocycles. The van der Waals surface area contributed by atoms with E-state index in [2.05, 4.69) is 92.1 Å². The number of carbonyl (C=O) groups excluding carboxylic acids is 1. The van der Waals surface area contributed by atoms with Crippen LogP contribution in [0, 0.1) is 0 Å². The van der Waals surface area contributed by atoms with Crippen LogP contribution >= 0.6 is 7.82 Å². The highest BCUT2D eigenvalue weighted by Gasteiger charge is 2.24. The molecule has 0 aliphatic carbocycles. The Morgan fingerprint density at radius 2 is 1.00 bits per heavy atom. The highest BCUT2D eigenvalue weighted by atomic mass is 31.2. The fourth-order valence-corrected chi connectivity index (χ4v) is 7.53. The van der Waals surface area contributed by atoms with E-state index < -0.39 is 20.0 Å². The number of hydrogen-bond acceptors (Lipinski definition) is 6. The molecule has 0 spiro atoms. The lowest BCUT2D eigenvalue weighted by Crippen LogP contribution is -2.46. The average molecular weight is 875 g/mol. The third-order valence-corrected chi connectivity index (χ3v) is 11.7. The van der Waals surface area contributed by atoms with Crippen LogP contribution in [0.25, 0.3) is 0 Å². The predicted molar refractivity (Wildman–Crippen MR) is 260 cm³/mol. The topological polar surface area (TPSA) is 108 Å². The molecule has 0 aromatic rings. The van der Waals surface area contributed by atoms with Gasteiger partial charge >= 0.3 is 0 Å². The Morgan fingerprint density at radius 3 is 1.46 bits per heavy atom. The molecular weight excluding hydrogens is 780 g/mol. The summed E-state index contributed by atoms with van der Waals surface area (Å²) in [4.78, 5) is 25.4. The van der Waals surface area contributed by atoms with Crippen molar-refractivity contribution in [3.8, 4) is 0 Å². The van der Waals surface area contributed by atoms with Gasteiger partial charge in [-0.05, 0) is 64.2 Å². The van der Waals surface area contributed by atoms with Gasteiger partial charge in [-0.15, -0.1) is 0 Å². The summed E-state index contributed by atoms with van der Waals surface area (Å²) in [6, 6.07) is -0.808. The van der Waals surface area contributed by atoms with Gasteiger partial charge in [0.15, 0.2) is 0 Å². The van der Waals surface area contributed by atoms with Crippen LogP contribution in [-0.4, -0.2) is 68.5 Å². The molecule has 0 rings (SSSR count). The van der Waals surface area contributed by atoms with Gasteiger partial charge in [0.1, 0.15) is 13.2 Å². The minimum absolute atomic E-state index is 0.00698. The van der Waals surface area contributed by atoms with Crippen molar-refractivity contribution < 1.29 is 32.9 Å². The van der Waals surface area contributed by atoms with E-state index in [0.717, 1.165) is 83.5 Å². The fourth-order valence-electron chi connectivity index (χ4n) is 6.81. The summed E-state index contributed by atoms with van der Waals surface area (Å²) in [5.41, 5.74) is 0. The zero-order valence-corrected chi connectivity index (χ0v) is 41.0. The fraction of sp³-hybridized carbons (Fsp3) is 0.750. The Labute approximate surface area is 376 Å². The van der Waals surface area contributed by atoms with E-state index >= 15 is 0 Å². The number of rotatable bonds is 44. The molecule has 0 bridgehead atoms. The normalized spacial score (nSPS) is 14.8. The summed E-state index contributed by atoms with van der Waals surface area (Å²) in [6.45, 7) is 4.58. The summed E-state index contributed by atoms with van der Waals surface area (Å²) >= 11 is 0. The Morgan fingerprint density at radius 1 is 0.590 bits per heavy atom. The SMILES string of the molecule is CC/C=C\C/C=C\C/C=C\C/C=C\C/C=C\C/C=C\CCCCCCCCCCC(=O)NC(COP(=O)([O-])OCC[N+](C)(C)C)C(O)CCCCCCCCCCCCCC. The number of aliphatic hydroxyl groups is 1. The van der Waals surface area contributed by atoms with Crippen LogP contribution < -0.4 is 10.2 Å². The van der Waals surface area contributed by atoms with Gasteiger partial charge in [-0.25, -0.2) is 0 Å². The van der Waals surface area contributed by atoms with Crippen molar-refractivity contribution in [1.82, 2.24) is 5.32 Å². The van der Waals surface area contributed by atoms with Crippen molar-refractivity contribution in [2.24, 2.45) is 0 Å². The number of carbonyl (C=O) groups is 1. The number of quaternary nitrogens is 1. The smallest absolute Gasteiger partial charge is 0.268 e. The first kappa shape index (κ1) is 58.9. The Balaban J connectivity index is 4.23. The maximum atomic E-state index is 12.9. The van der Waals surface area contributed by atoms with Crippen molar-refractivity contribution in [2.45, 2.75) is 212 Å². The van der Waals surface area contributed by atoms with E-state index in [1.165, 1.54) is 89.9 Å². The summed E-state index contributed by atoms with van der Waals surface area (Å²) in [7, 11) is 1.29. The molecule has 0 aromatic carbocycles. The molecule has 0 radical (unpaired) electrons. The number of nitrogens with one attached hydrogen (secondary N) is 1. The molecule has 0 aliphatic rings. The molecule has 3 unspecified atom stereocenters. The molecule has 1 amide bonds. The molecule has 0 aromatic heterocycles. The minimum Gasteiger partial charge on any atom is -0.756 e. The van der Waals surface area contributed by atoms with Gasteiger partial charge < -0.3 is 28.8 Å². The maximum absolute atomic E-state index is 12.9. The number of unbranched alkanes of at least 4 members (excludes halogenated alkanes) is 19. The number of phosphoric acid groups is 1. The van der Waals surface area contributed by atoms with Crippen LogP contribution in [0.1, 0.15) is 200 Å². The van der Waals surface area contributed by atoms with E-state index in [4.69, 9.17) is 9.05 Å². The standard InChI is InChI=1S/C52H95N2O6P/c1-6-8-10-12-14-16-18-20-21-22-23-24-25-26-27-28-29-30-31-32-33-34-36-38-40-42-44-46-52(56)53-50(49-60-61(57,58)59-48-47-54(3,4)5)51(55)45-43-41-39-37-35-19-17-15-13-11-9-7-2/h8,10,14,16,20-21,23-24,26-27,29-30,50-51,55H,6-7,9,11-13,15,17-19,22,25,28,31-49H2,1-5H3,(H-,53,56,57,58)/b10-8-,16-14-,21-20-,24-23-,27-26-,30-29-. The quantitative estimate of drug-likeness (QED) is 0.0273. The highest BCUT2D eigenvalue weighted by Crippen LogP contribution is 2.38. The average Bonchev–Trinajstić information content (AvgIpc) is 3.21. The largest absolute Gasteiger partial charge is 0.756 e. The van der Waals surface area contributed by atoms with E-state index in [1.54, 1.807) is 0 Å². The summed E-state index contributed by atoms with van der Waals surface area (Å²) < 4.78 is 23.3. The van der Waals surface area contributed by atoms with Crippen molar-refractivity contribution >= 4 is 13.7 Å². The number of amides is 1. The Bertz CT molecular complexity index is 1220. The molecule has 354 valence electrons. The van der Waals surface area contributed by atoms with Gasteiger partial charge in [0, 0.05) is 6.42 Å². The number of nitrogens with zero attached hydrogens (tertiary/aromatic N) is 1. The zero-order chi connectivity index (χ0) is 45.0. The number of hydrogen-bond donors (Lipinski definition) is 2. The second-order valence-electron chi connectivity index (χ2n) is 17.8. The number of aliphatic hydroxyl groups excluding tert-OH is 1. The van der Waals surface area contributed by atoms with Crippen LogP contribution in [0.2, 0.25) is 0 Å². The molecule has 3 atom stereocenters. The number of likely N-dealkylation sites (N-methyl/N-ethyl adjacent to an activating group) is 1. The van der Waals surface area contributed by atoms with Crippen molar-refractivity contribution in [1.29, 1.82) is 0 Å². The first-order chi connectivity index (χ1) is 29.5. The minimum atomic E-state index is -4.57. The molecular formula is C52H95N2O6P. The molecule has 0 saturated carbocycles. The summed E-state index contributed by atoms with van der Waals surface area (Å²) in [5.74, 6) is -0.177. The van der Waals surface area contributed by atoms with Gasteiger partial charge in [0.05, 0.1) is 39.9 Å². The Kier molecular flexibility index (Phi) is 41.7.